The number of hydrogen-bond acceptors (Lipinski definition) is 5. The number of carbonyl (C=O) groups excluding carboxylic acids is 1. The Bertz CT molecular complexity index is 999. The van der Waals surface area contributed by atoms with Crippen LogP contribution in [0.1, 0.15) is 37.3 Å². The Labute approximate surface area is 197 Å². The molecule has 1 aliphatic heterocycles. The molecule has 0 radical (unpaired) electrons. The third-order valence-electron chi connectivity index (χ3n) is 6.54. The normalized spacial score (nSPS) is 16.3. The maximum absolute atomic E-state index is 12.6. The van der Waals surface area contributed by atoms with Crippen molar-refractivity contribution >= 4 is 15.9 Å². The SMILES string of the molecule is COc1ccc(CCC2CCN(C(C)C(=O)NCCc3ccc(S(N)(=O)=O)cc3)CC2)cc1. The van der Waals surface area contributed by atoms with E-state index in [1.807, 2.05) is 19.1 Å². The van der Waals surface area contributed by atoms with Crippen LogP contribution in [0.4, 0.5) is 0 Å². The molecule has 2 aromatic rings. The van der Waals surface area contributed by atoms with Crippen molar-refractivity contribution in [3.05, 3.63) is 59.7 Å². The minimum atomic E-state index is -3.68. The third-order valence-corrected chi connectivity index (χ3v) is 7.47. The van der Waals surface area contributed by atoms with E-state index >= 15 is 0 Å². The number of aryl methyl sites for hydroxylation is 1. The highest BCUT2D eigenvalue weighted by atomic mass is 32.2. The Hall–Kier alpha value is -2.42. The summed E-state index contributed by atoms with van der Waals surface area (Å²) < 4.78 is 27.9. The summed E-state index contributed by atoms with van der Waals surface area (Å²) in [5.41, 5.74) is 2.29. The quantitative estimate of drug-likeness (QED) is 0.553. The summed E-state index contributed by atoms with van der Waals surface area (Å²) in [4.78, 5) is 15.0. The van der Waals surface area contributed by atoms with Crippen LogP contribution in [0.5, 0.6) is 5.75 Å². The lowest BCUT2D eigenvalue weighted by atomic mass is 9.90. The average molecular weight is 474 g/mol. The van der Waals surface area contributed by atoms with E-state index in [1.165, 1.54) is 24.1 Å². The number of benzene rings is 2. The van der Waals surface area contributed by atoms with Gasteiger partial charge in [-0.3, -0.25) is 9.69 Å². The molecule has 1 atom stereocenters. The van der Waals surface area contributed by atoms with Crippen LogP contribution in [0.3, 0.4) is 0 Å². The highest BCUT2D eigenvalue weighted by Crippen LogP contribution is 2.24. The first-order valence-corrected chi connectivity index (χ1v) is 13.1. The van der Waals surface area contributed by atoms with Gasteiger partial charge in [0.25, 0.3) is 0 Å². The number of nitrogens with one attached hydrogen (secondary N) is 1. The molecule has 0 aliphatic carbocycles. The minimum Gasteiger partial charge on any atom is -0.497 e. The van der Waals surface area contributed by atoms with Crippen molar-refractivity contribution in [3.8, 4) is 5.75 Å². The van der Waals surface area contributed by atoms with E-state index in [4.69, 9.17) is 9.88 Å². The second kappa shape index (κ2) is 11.6. The van der Waals surface area contributed by atoms with E-state index in [1.54, 1.807) is 19.2 Å². The number of hydrogen-bond donors (Lipinski definition) is 2. The standard InChI is InChI=1S/C25H35N3O4S/c1-19(25(29)27-16-13-21-7-11-24(12-8-21)33(26,30)31)28-17-14-22(15-18-28)4-3-20-5-9-23(32-2)10-6-20/h5-12,19,22H,3-4,13-18H2,1-2H3,(H,27,29)(H2,26,30,31). The van der Waals surface area contributed by atoms with Gasteiger partial charge in [-0.25, -0.2) is 13.6 Å². The molecule has 7 nitrogen and oxygen atoms in total. The summed E-state index contributed by atoms with van der Waals surface area (Å²) in [6.45, 7) is 4.36. The van der Waals surface area contributed by atoms with Crippen LogP contribution >= 0.6 is 0 Å². The molecular formula is C25H35N3O4S. The first-order chi connectivity index (χ1) is 15.8. The van der Waals surface area contributed by atoms with E-state index in [0.29, 0.717) is 18.9 Å². The number of sulfonamides is 1. The Morgan fingerprint density at radius 2 is 1.64 bits per heavy atom. The number of rotatable bonds is 10. The van der Waals surface area contributed by atoms with Gasteiger partial charge in [-0.05, 0) is 93.4 Å². The molecule has 33 heavy (non-hydrogen) atoms. The number of likely N-dealkylation sites (tertiary alicyclic amines) is 1. The highest BCUT2D eigenvalue weighted by molar-refractivity contribution is 7.89. The van der Waals surface area contributed by atoms with Gasteiger partial charge in [0, 0.05) is 6.54 Å². The van der Waals surface area contributed by atoms with Gasteiger partial charge >= 0.3 is 0 Å². The lowest BCUT2D eigenvalue weighted by molar-refractivity contribution is -0.126. The summed E-state index contributed by atoms with van der Waals surface area (Å²) in [5, 5.41) is 8.13. The van der Waals surface area contributed by atoms with E-state index in [-0.39, 0.29) is 16.8 Å². The predicted molar refractivity (Wildman–Crippen MR) is 130 cm³/mol. The van der Waals surface area contributed by atoms with Crippen LogP contribution < -0.4 is 15.2 Å². The van der Waals surface area contributed by atoms with Crippen LogP contribution in [0, 0.1) is 5.92 Å². The van der Waals surface area contributed by atoms with Gasteiger partial charge in [0.2, 0.25) is 15.9 Å². The molecule has 180 valence electrons. The van der Waals surface area contributed by atoms with Crippen LogP contribution in [0.2, 0.25) is 0 Å². The van der Waals surface area contributed by atoms with Crippen molar-refractivity contribution in [3.63, 3.8) is 0 Å². The molecular weight excluding hydrogens is 438 g/mol. The Morgan fingerprint density at radius 1 is 1.06 bits per heavy atom. The molecule has 1 saturated heterocycles. The zero-order valence-corrected chi connectivity index (χ0v) is 20.3. The van der Waals surface area contributed by atoms with E-state index in [0.717, 1.165) is 43.7 Å². The van der Waals surface area contributed by atoms with Crippen molar-refractivity contribution in [1.29, 1.82) is 0 Å². The van der Waals surface area contributed by atoms with Gasteiger partial charge in [-0.1, -0.05) is 24.3 Å². The molecule has 2 aromatic carbocycles. The first kappa shape index (κ1) is 25.2. The maximum atomic E-state index is 12.6. The topological polar surface area (TPSA) is 102 Å². The molecule has 0 bridgehead atoms. The van der Waals surface area contributed by atoms with E-state index < -0.39 is 10.0 Å². The van der Waals surface area contributed by atoms with Gasteiger partial charge in [-0.15, -0.1) is 0 Å². The zero-order valence-electron chi connectivity index (χ0n) is 19.5. The summed E-state index contributed by atoms with van der Waals surface area (Å²) in [6, 6.07) is 14.6. The van der Waals surface area contributed by atoms with Gasteiger partial charge in [0.1, 0.15) is 5.75 Å². The van der Waals surface area contributed by atoms with Gasteiger partial charge in [0.15, 0.2) is 0 Å². The first-order valence-electron chi connectivity index (χ1n) is 11.5. The molecule has 1 aliphatic rings. The summed E-state index contributed by atoms with van der Waals surface area (Å²) in [7, 11) is -2.00. The van der Waals surface area contributed by atoms with Crippen molar-refractivity contribution < 1.29 is 17.9 Å². The number of nitrogens with zero attached hydrogens (tertiary/aromatic N) is 1. The molecule has 0 spiro atoms. The lowest BCUT2D eigenvalue weighted by Gasteiger charge is -2.35. The number of piperidine rings is 1. The van der Waals surface area contributed by atoms with Crippen molar-refractivity contribution in [2.24, 2.45) is 11.1 Å². The lowest BCUT2D eigenvalue weighted by Crippen LogP contribution is -2.48. The van der Waals surface area contributed by atoms with Crippen molar-refractivity contribution in [2.75, 3.05) is 26.7 Å². The summed E-state index contributed by atoms with van der Waals surface area (Å²) in [6.07, 6.45) is 5.11. The number of carbonyl (C=O) groups is 1. The monoisotopic (exact) mass is 473 g/mol. The van der Waals surface area contributed by atoms with E-state index in [9.17, 15) is 13.2 Å². The molecule has 3 rings (SSSR count). The molecule has 1 heterocycles. The largest absolute Gasteiger partial charge is 0.497 e. The second-order valence-corrected chi connectivity index (χ2v) is 10.3. The van der Waals surface area contributed by atoms with Crippen molar-refractivity contribution in [2.45, 2.75) is 50.0 Å². The van der Waals surface area contributed by atoms with Gasteiger partial charge in [0.05, 0.1) is 18.0 Å². The predicted octanol–water partition coefficient (Wildman–Crippen LogP) is 2.73. The maximum Gasteiger partial charge on any atom is 0.238 e. The number of methoxy groups -OCH3 is 1. The fourth-order valence-corrected chi connectivity index (χ4v) is 4.80. The van der Waals surface area contributed by atoms with Crippen LogP contribution in [-0.4, -0.2) is 52.0 Å². The number of ether oxygens (including phenoxy) is 1. The zero-order chi connectivity index (χ0) is 23.8. The number of primary sulfonamides is 1. The Balaban J connectivity index is 1.36. The van der Waals surface area contributed by atoms with Gasteiger partial charge in [-0.2, -0.15) is 0 Å². The third kappa shape index (κ3) is 7.55. The molecule has 3 N–H and O–H groups in total. The summed E-state index contributed by atoms with van der Waals surface area (Å²) >= 11 is 0. The fourth-order valence-electron chi connectivity index (χ4n) is 4.28. The Morgan fingerprint density at radius 3 is 2.21 bits per heavy atom. The smallest absolute Gasteiger partial charge is 0.238 e. The molecule has 1 amide bonds. The molecule has 1 unspecified atom stereocenters. The van der Waals surface area contributed by atoms with Crippen LogP contribution in [0.15, 0.2) is 53.4 Å². The molecule has 1 fully saturated rings. The summed E-state index contributed by atoms with van der Waals surface area (Å²) in [5.74, 6) is 1.62. The second-order valence-electron chi connectivity index (χ2n) is 8.77. The van der Waals surface area contributed by atoms with Crippen LogP contribution in [0.25, 0.3) is 0 Å². The minimum absolute atomic E-state index is 0.0350. The number of nitrogens with two attached hydrogens (primary N) is 1. The molecule has 8 heteroatoms. The van der Waals surface area contributed by atoms with Gasteiger partial charge < -0.3 is 10.1 Å². The number of amides is 1. The van der Waals surface area contributed by atoms with Crippen molar-refractivity contribution in [1.82, 2.24) is 10.2 Å². The van der Waals surface area contributed by atoms with Crippen LogP contribution in [-0.2, 0) is 27.7 Å². The van der Waals surface area contributed by atoms with E-state index in [2.05, 4.69) is 22.3 Å². The molecule has 0 aromatic heterocycles. The Kier molecular flexibility index (Phi) is 8.88. The highest BCUT2D eigenvalue weighted by Gasteiger charge is 2.26. The fraction of sp³-hybridized carbons (Fsp3) is 0.480. The average Bonchev–Trinajstić information content (AvgIpc) is 2.82. The molecule has 0 saturated carbocycles.